The molecule has 1 unspecified atom stereocenters. The quantitative estimate of drug-likeness (QED) is 0.251. The maximum atomic E-state index is 12.7. The van der Waals surface area contributed by atoms with Crippen LogP contribution in [0.4, 0.5) is 21.9 Å². The Kier molecular flexibility index (Phi) is 7.82. The molecule has 1 atom stereocenters. The summed E-state index contributed by atoms with van der Waals surface area (Å²) in [6.07, 6.45) is 0. The number of ether oxygens (including phenoxy) is 1. The van der Waals surface area contributed by atoms with Crippen molar-refractivity contribution >= 4 is 34.8 Å². The number of morpholine rings is 1. The van der Waals surface area contributed by atoms with Crippen molar-refractivity contribution in [1.29, 1.82) is 5.41 Å². The monoisotopic (exact) mass is 486 g/mol. The minimum absolute atomic E-state index is 0.0157. The molecule has 3 amide bonds. The number of rotatable bonds is 7. The van der Waals surface area contributed by atoms with Gasteiger partial charge in [-0.25, -0.2) is 4.79 Å². The number of benzene rings is 3. The first-order valence-electron chi connectivity index (χ1n) is 11.8. The molecule has 0 aliphatic carbocycles. The Labute approximate surface area is 210 Å². The number of para-hydroxylation sites is 2. The number of nitrogens with zero attached hydrogens (tertiary/aromatic N) is 1. The van der Waals surface area contributed by atoms with Crippen LogP contribution in [0.25, 0.3) is 0 Å². The summed E-state index contributed by atoms with van der Waals surface area (Å²) in [5, 5.41) is 16.5. The molecule has 1 saturated heterocycles. The third-order valence-electron chi connectivity index (χ3n) is 5.96. The van der Waals surface area contributed by atoms with Crippen LogP contribution in [0, 0.1) is 5.41 Å². The van der Waals surface area contributed by atoms with Crippen molar-refractivity contribution < 1.29 is 14.3 Å². The van der Waals surface area contributed by atoms with Gasteiger partial charge >= 0.3 is 6.03 Å². The van der Waals surface area contributed by atoms with Gasteiger partial charge in [0.25, 0.3) is 5.91 Å². The lowest BCUT2D eigenvalue weighted by atomic mass is 10.0. The molecule has 3 aromatic carbocycles. The van der Waals surface area contributed by atoms with E-state index in [1.807, 2.05) is 60.4 Å². The topological polar surface area (TPSA) is 133 Å². The van der Waals surface area contributed by atoms with Gasteiger partial charge in [0, 0.05) is 35.9 Å². The number of hydrogen-bond donors (Lipinski definition) is 5. The smallest absolute Gasteiger partial charge is 0.323 e. The number of urea groups is 1. The highest BCUT2D eigenvalue weighted by Gasteiger charge is 2.19. The van der Waals surface area contributed by atoms with E-state index in [0.717, 1.165) is 11.3 Å². The van der Waals surface area contributed by atoms with Crippen molar-refractivity contribution in [3.63, 3.8) is 0 Å². The van der Waals surface area contributed by atoms with E-state index in [4.69, 9.17) is 15.9 Å². The van der Waals surface area contributed by atoms with Gasteiger partial charge in [0.1, 0.15) is 5.84 Å². The van der Waals surface area contributed by atoms with Gasteiger partial charge in [0.05, 0.1) is 24.6 Å². The Bertz CT molecular complexity index is 1220. The van der Waals surface area contributed by atoms with Crippen molar-refractivity contribution in [3.05, 3.63) is 89.5 Å². The fourth-order valence-electron chi connectivity index (χ4n) is 3.92. The third kappa shape index (κ3) is 6.19. The molecule has 4 rings (SSSR count). The summed E-state index contributed by atoms with van der Waals surface area (Å²) in [6.45, 7) is 4.39. The van der Waals surface area contributed by atoms with E-state index >= 15 is 0 Å². The van der Waals surface area contributed by atoms with Crippen molar-refractivity contribution in [2.45, 2.75) is 13.0 Å². The summed E-state index contributed by atoms with van der Waals surface area (Å²) in [5.74, 6) is -0.0135. The SMILES string of the molecule is CC(Nc1ccccc1NC(=O)Nc1ccc(C(=N)N)cc1)c1ccc(C(=O)N2CCOCC2)cc1. The highest BCUT2D eigenvalue weighted by atomic mass is 16.5. The molecule has 0 spiro atoms. The van der Waals surface area contributed by atoms with Gasteiger partial charge in [0.15, 0.2) is 0 Å². The Morgan fingerprint density at radius 2 is 1.50 bits per heavy atom. The van der Waals surface area contributed by atoms with E-state index in [0.29, 0.717) is 48.8 Å². The van der Waals surface area contributed by atoms with Crippen LogP contribution in [0.5, 0.6) is 0 Å². The van der Waals surface area contributed by atoms with Crippen LogP contribution in [0.3, 0.4) is 0 Å². The van der Waals surface area contributed by atoms with E-state index in [2.05, 4.69) is 16.0 Å². The van der Waals surface area contributed by atoms with Crippen molar-refractivity contribution in [3.8, 4) is 0 Å². The average Bonchev–Trinajstić information content (AvgIpc) is 2.90. The minimum Gasteiger partial charge on any atom is -0.384 e. The molecule has 3 aromatic rings. The second-order valence-corrected chi connectivity index (χ2v) is 8.51. The van der Waals surface area contributed by atoms with Gasteiger partial charge < -0.3 is 31.3 Å². The Hall–Kier alpha value is -4.37. The standard InChI is InChI=1S/C27H30N6O3/c1-18(19-6-8-21(9-7-19)26(34)33-14-16-36-17-15-33)30-23-4-2-3-5-24(23)32-27(35)31-22-12-10-20(11-13-22)25(28)29/h2-13,18,30H,14-17H2,1H3,(H3,28,29)(H2,31,32,35). The first-order valence-corrected chi connectivity index (χ1v) is 11.8. The first-order chi connectivity index (χ1) is 17.4. The highest BCUT2D eigenvalue weighted by molar-refractivity contribution is 6.02. The van der Waals surface area contributed by atoms with Crippen molar-refractivity contribution in [1.82, 2.24) is 4.90 Å². The number of nitrogen functional groups attached to an aromatic ring is 1. The summed E-state index contributed by atoms with van der Waals surface area (Å²) in [6, 6.07) is 21.3. The first kappa shape index (κ1) is 24.7. The van der Waals surface area contributed by atoms with Crippen LogP contribution in [0.1, 0.15) is 34.5 Å². The molecule has 1 heterocycles. The Morgan fingerprint density at radius 3 is 2.14 bits per heavy atom. The summed E-state index contributed by atoms with van der Waals surface area (Å²) >= 11 is 0. The Morgan fingerprint density at radius 1 is 0.889 bits per heavy atom. The molecule has 186 valence electrons. The van der Waals surface area contributed by atoms with Crippen LogP contribution in [0.15, 0.2) is 72.8 Å². The lowest BCUT2D eigenvalue weighted by molar-refractivity contribution is 0.0303. The van der Waals surface area contributed by atoms with E-state index in [9.17, 15) is 9.59 Å². The number of hydrogen-bond acceptors (Lipinski definition) is 5. The number of carbonyl (C=O) groups is 2. The number of nitrogens with two attached hydrogens (primary N) is 1. The number of amidine groups is 1. The van der Waals surface area contributed by atoms with E-state index in [1.165, 1.54) is 0 Å². The molecule has 36 heavy (non-hydrogen) atoms. The maximum absolute atomic E-state index is 12.7. The lowest BCUT2D eigenvalue weighted by Crippen LogP contribution is -2.40. The minimum atomic E-state index is -0.390. The van der Waals surface area contributed by atoms with Gasteiger partial charge in [-0.05, 0) is 61.0 Å². The second kappa shape index (κ2) is 11.4. The molecule has 0 saturated carbocycles. The van der Waals surface area contributed by atoms with Gasteiger partial charge in [-0.3, -0.25) is 10.2 Å². The third-order valence-corrected chi connectivity index (χ3v) is 5.96. The van der Waals surface area contributed by atoms with Crippen LogP contribution < -0.4 is 21.7 Å². The van der Waals surface area contributed by atoms with Gasteiger partial charge in [-0.2, -0.15) is 0 Å². The number of carbonyl (C=O) groups excluding carboxylic acids is 2. The van der Waals surface area contributed by atoms with Crippen molar-refractivity contribution in [2.24, 2.45) is 5.73 Å². The molecule has 1 aliphatic heterocycles. The molecule has 0 bridgehead atoms. The summed E-state index contributed by atoms with van der Waals surface area (Å²) in [5.41, 5.74) is 9.70. The van der Waals surface area contributed by atoms with Crippen LogP contribution in [0.2, 0.25) is 0 Å². The molecular formula is C27H30N6O3. The van der Waals surface area contributed by atoms with E-state index in [-0.39, 0.29) is 17.8 Å². The normalized spacial score (nSPS) is 14.0. The van der Waals surface area contributed by atoms with Crippen LogP contribution in [-0.4, -0.2) is 49.0 Å². The molecular weight excluding hydrogens is 456 g/mol. The number of amides is 3. The van der Waals surface area contributed by atoms with Crippen LogP contribution in [-0.2, 0) is 4.74 Å². The lowest BCUT2D eigenvalue weighted by Gasteiger charge is -2.27. The molecule has 6 N–H and O–H groups in total. The average molecular weight is 487 g/mol. The predicted molar refractivity (Wildman–Crippen MR) is 142 cm³/mol. The number of nitrogens with one attached hydrogen (secondary N) is 4. The van der Waals surface area contributed by atoms with Crippen LogP contribution >= 0.6 is 0 Å². The predicted octanol–water partition coefficient (Wildman–Crippen LogP) is 4.26. The van der Waals surface area contributed by atoms with Gasteiger partial charge in [0.2, 0.25) is 0 Å². The Balaban J connectivity index is 1.38. The molecule has 0 radical (unpaired) electrons. The maximum Gasteiger partial charge on any atom is 0.323 e. The molecule has 9 nitrogen and oxygen atoms in total. The van der Waals surface area contributed by atoms with E-state index < -0.39 is 6.03 Å². The molecule has 0 aromatic heterocycles. The number of anilines is 3. The molecule has 1 aliphatic rings. The largest absolute Gasteiger partial charge is 0.384 e. The van der Waals surface area contributed by atoms with Crippen molar-refractivity contribution in [2.75, 3.05) is 42.3 Å². The zero-order valence-electron chi connectivity index (χ0n) is 20.1. The summed E-state index contributed by atoms with van der Waals surface area (Å²) in [4.78, 5) is 27.1. The zero-order chi connectivity index (χ0) is 25.5. The molecule has 9 heteroatoms. The summed E-state index contributed by atoms with van der Waals surface area (Å²) in [7, 11) is 0. The van der Waals surface area contributed by atoms with E-state index in [1.54, 1.807) is 24.3 Å². The summed E-state index contributed by atoms with van der Waals surface area (Å²) < 4.78 is 5.32. The van der Waals surface area contributed by atoms with Gasteiger partial charge in [-0.15, -0.1) is 0 Å². The highest BCUT2D eigenvalue weighted by Crippen LogP contribution is 2.27. The zero-order valence-corrected chi connectivity index (χ0v) is 20.1. The molecule has 1 fully saturated rings. The fraction of sp³-hybridized carbons (Fsp3) is 0.222. The van der Waals surface area contributed by atoms with Gasteiger partial charge in [-0.1, -0.05) is 24.3 Å². The second-order valence-electron chi connectivity index (χ2n) is 8.51. The fourth-order valence-corrected chi connectivity index (χ4v) is 3.92.